The van der Waals surface area contributed by atoms with Crippen molar-refractivity contribution in [2.75, 3.05) is 11.9 Å². The van der Waals surface area contributed by atoms with Crippen molar-refractivity contribution in [3.05, 3.63) is 64.6 Å². The Balaban J connectivity index is 1.42. The molecule has 0 aliphatic rings. The number of hydrogen-bond donors (Lipinski definition) is 3. The van der Waals surface area contributed by atoms with E-state index >= 15 is 0 Å². The molecule has 9 nitrogen and oxygen atoms in total. The highest BCUT2D eigenvalue weighted by molar-refractivity contribution is 7.14. The van der Waals surface area contributed by atoms with Gasteiger partial charge in [-0.1, -0.05) is 25.1 Å². The molecule has 0 radical (unpaired) electrons. The van der Waals surface area contributed by atoms with E-state index in [1.54, 1.807) is 24.4 Å². The van der Waals surface area contributed by atoms with Gasteiger partial charge in [0.25, 0.3) is 11.8 Å². The van der Waals surface area contributed by atoms with Gasteiger partial charge < -0.3 is 9.15 Å². The van der Waals surface area contributed by atoms with E-state index in [0.29, 0.717) is 27.9 Å². The van der Waals surface area contributed by atoms with Gasteiger partial charge in [-0.25, -0.2) is 4.98 Å². The number of aromatic nitrogens is 1. The third kappa shape index (κ3) is 6.16. The fraction of sp³-hybridized carbons (Fsp3) is 0.238. The predicted molar refractivity (Wildman–Crippen MR) is 115 cm³/mol. The van der Waals surface area contributed by atoms with Crippen LogP contribution in [-0.2, 0) is 22.4 Å². The topological polar surface area (TPSA) is 123 Å². The lowest BCUT2D eigenvalue weighted by molar-refractivity contribution is -0.129. The molecule has 162 valence electrons. The van der Waals surface area contributed by atoms with E-state index in [9.17, 15) is 14.4 Å². The summed E-state index contributed by atoms with van der Waals surface area (Å²) in [4.78, 5) is 40.3. The summed E-state index contributed by atoms with van der Waals surface area (Å²) >= 11 is 1.20. The van der Waals surface area contributed by atoms with Gasteiger partial charge in [0.1, 0.15) is 11.5 Å². The maximum Gasteiger partial charge on any atom is 0.276 e. The zero-order valence-electron chi connectivity index (χ0n) is 17.1. The molecule has 0 saturated heterocycles. The maximum absolute atomic E-state index is 12.2. The minimum absolute atomic E-state index is 0.0586. The third-order valence-corrected chi connectivity index (χ3v) is 5.08. The molecule has 0 saturated carbocycles. The quantitative estimate of drug-likeness (QED) is 0.461. The van der Waals surface area contributed by atoms with Crippen LogP contribution in [0.4, 0.5) is 5.13 Å². The molecular weight excluding hydrogens is 420 g/mol. The molecule has 0 spiro atoms. The summed E-state index contributed by atoms with van der Waals surface area (Å²) in [6.45, 7) is 3.46. The maximum atomic E-state index is 12.2. The van der Waals surface area contributed by atoms with Gasteiger partial charge in [-0.15, -0.1) is 11.3 Å². The highest BCUT2D eigenvalue weighted by Crippen LogP contribution is 2.19. The smallest absolute Gasteiger partial charge is 0.276 e. The molecule has 3 N–H and O–H groups in total. The van der Waals surface area contributed by atoms with Gasteiger partial charge in [0.15, 0.2) is 11.7 Å². The summed E-state index contributed by atoms with van der Waals surface area (Å²) < 4.78 is 10.6. The van der Waals surface area contributed by atoms with E-state index in [2.05, 4.69) is 21.2 Å². The Morgan fingerprint density at radius 2 is 1.90 bits per heavy atom. The first-order valence-electron chi connectivity index (χ1n) is 9.54. The van der Waals surface area contributed by atoms with Gasteiger partial charge in [0.2, 0.25) is 5.91 Å². The lowest BCUT2D eigenvalue weighted by atomic mass is 10.1. The van der Waals surface area contributed by atoms with Crippen LogP contribution in [0.2, 0.25) is 0 Å². The molecule has 3 aromatic rings. The largest absolute Gasteiger partial charge is 0.483 e. The zero-order chi connectivity index (χ0) is 22.2. The average Bonchev–Trinajstić information content (AvgIpc) is 3.39. The highest BCUT2D eigenvalue weighted by atomic mass is 32.1. The van der Waals surface area contributed by atoms with Gasteiger partial charge in [0, 0.05) is 5.38 Å². The Morgan fingerprint density at radius 1 is 1.13 bits per heavy atom. The highest BCUT2D eigenvalue weighted by Gasteiger charge is 2.15. The molecule has 0 fully saturated rings. The summed E-state index contributed by atoms with van der Waals surface area (Å²) in [5.74, 6) is -0.133. The molecule has 3 rings (SSSR count). The summed E-state index contributed by atoms with van der Waals surface area (Å²) in [7, 11) is 0. The second-order valence-electron chi connectivity index (χ2n) is 6.51. The van der Waals surface area contributed by atoms with Crippen molar-refractivity contribution in [2.24, 2.45) is 0 Å². The van der Waals surface area contributed by atoms with Gasteiger partial charge in [-0.05, 0) is 31.0 Å². The lowest BCUT2D eigenvalue weighted by Crippen LogP contribution is -2.44. The standard InChI is InChI=1S/C21H22N4O5S/c1-3-14-6-4-5-7-17(14)30-11-19(27)25-24-18(26)10-15-12-31-21(22-15)23-20(28)16-8-9-29-13(16)2/h4-9,12H,3,10-11H2,1-2H3,(H,24,26)(H,25,27)(H,22,23,28). The first-order chi connectivity index (χ1) is 15.0. The number of aryl methyl sites for hydroxylation is 2. The number of ether oxygens (including phenoxy) is 1. The van der Waals surface area contributed by atoms with Crippen molar-refractivity contribution in [1.29, 1.82) is 0 Å². The van der Waals surface area contributed by atoms with E-state index < -0.39 is 11.8 Å². The van der Waals surface area contributed by atoms with Crippen molar-refractivity contribution in [3.8, 4) is 5.75 Å². The van der Waals surface area contributed by atoms with Crippen molar-refractivity contribution in [1.82, 2.24) is 15.8 Å². The van der Waals surface area contributed by atoms with Crippen LogP contribution < -0.4 is 20.9 Å². The van der Waals surface area contributed by atoms with Gasteiger partial charge in [-0.3, -0.25) is 30.6 Å². The Morgan fingerprint density at radius 3 is 2.65 bits per heavy atom. The summed E-state index contributed by atoms with van der Waals surface area (Å²) in [6, 6.07) is 9.02. The fourth-order valence-corrected chi connectivity index (χ4v) is 3.40. The van der Waals surface area contributed by atoms with Crippen LogP contribution in [0.15, 0.2) is 46.4 Å². The molecular formula is C21H22N4O5S. The summed E-state index contributed by atoms with van der Waals surface area (Å²) in [5.41, 5.74) is 6.50. The van der Waals surface area contributed by atoms with Crippen molar-refractivity contribution < 1.29 is 23.5 Å². The normalized spacial score (nSPS) is 10.4. The number of para-hydroxylation sites is 1. The van der Waals surface area contributed by atoms with Crippen LogP contribution in [0.1, 0.15) is 34.3 Å². The number of hydrazine groups is 1. The minimum atomic E-state index is -0.485. The molecule has 0 unspecified atom stereocenters. The Bertz CT molecular complexity index is 1080. The molecule has 0 atom stereocenters. The molecule has 2 heterocycles. The molecule has 3 amide bonds. The number of anilines is 1. The van der Waals surface area contributed by atoms with Crippen LogP contribution in [0.5, 0.6) is 5.75 Å². The first-order valence-corrected chi connectivity index (χ1v) is 10.4. The van der Waals surface area contributed by atoms with Gasteiger partial charge in [0.05, 0.1) is 23.9 Å². The van der Waals surface area contributed by atoms with E-state index in [-0.39, 0.29) is 18.9 Å². The number of thiazole rings is 1. The van der Waals surface area contributed by atoms with E-state index in [0.717, 1.165) is 12.0 Å². The number of amides is 3. The van der Waals surface area contributed by atoms with Gasteiger partial charge in [-0.2, -0.15) is 0 Å². The van der Waals surface area contributed by atoms with Crippen molar-refractivity contribution >= 4 is 34.2 Å². The molecule has 2 aromatic heterocycles. The molecule has 0 bridgehead atoms. The lowest BCUT2D eigenvalue weighted by Gasteiger charge is -2.11. The second-order valence-corrected chi connectivity index (χ2v) is 7.37. The summed E-state index contributed by atoms with van der Waals surface area (Å²) in [6.07, 6.45) is 2.16. The number of benzene rings is 1. The Labute approximate surface area is 182 Å². The number of hydrogen-bond acceptors (Lipinski definition) is 7. The predicted octanol–water partition coefficient (Wildman–Crippen LogP) is 2.63. The second kappa shape index (κ2) is 10.4. The third-order valence-electron chi connectivity index (χ3n) is 4.27. The van der Waals surface area contributed by atoms with Crippen LogP contribution >= 0.6 is 11.3 Å². The number of carbonyl (C=O) groups is 3. The number of furan rings is 1. The van der Waals surface area contributed by atoms with Crippen LogP contribution in [0.3, 0.4) is 0 Å². The monoisotopic (exact) mass is 442 g/mol. The number of rotatable bonds is 8. The SMILES string of the molecule is CCc1ccccc1OCC(=O)NNC(=O)Cc1csc(NC(=O)c2ccoc2C)n1. The van der Waals surface area contributed by atoms with E-state index in [1.165, 1.54) is 17.6 Å². The first kappa shape index (κ1) is 22.0. The number of nitrogens with zero attached hydrogens (tertiary/aromatic N) is 1. The van der Waals surface area contributed by atoms with Crippen molar-refractivity contribution in [2.45, 2.75) is 26.7 Å². The number of nitrogens with one attached hydrogen (secondary N) is 3. The van der Waals surface area contributed by atoms with Gasteiger partial charge >= 0.3 is 0 Å². The Kier molecular flexibility index (Phi) is 7.39. The van der Waals surface area contributed by atoms with Crippen molar-refractivity contribution in [3.63, 3.8) is 0 Å². The summed E-state index contributed by atoms with van der Waals surface area (Å²) in [5, 5.41) is 4.68. The number of carbonyl (C=O) groups excluding carboxylic acids is 3. The molecule has 10 heteroatoms. The van der Waals surface area contributed by atoms with E-state index in [1.807, 2.05) is 25.1 Å². The fourth-order valence-electron chi connectivity index (χ4n) is 2.69. The zero-order valence-corrected chi connectivity index (χ0v) is 17.9. The van der Waals surface area contributed by atoms with Crippen LogP contribution in [0.25, 0.3) is 0 Å². The molecule has 1 aromatic carbocycles. The molecule has 0 aliphatic heterocycles. The molecule has 0 aliphatic carbocycles. The average molecular weight is 442 g/mol. The van der Waals surface area contributed by atoms with Crippen LogP contribution in [0, 0.1) is 6.92 Å². The minimum Gasteiger partial charge on any atom is -0.483 e. The van der Waals surface area contributed by atoms with Crippen LogP contribution in [-0.4, -0.2) is 29.3 Å². The Hall–Kier alpha value is -3.66. The molecule has 31 heavy (non-hydrogen) atoms. The van der Waals surface area contributed by atoms with E-state index in [4.69, 9.17) is 9.15 Å².